The van der Waals surface area contributed by atoms with Gasteiger partial charge in [-0.3, -0.25) is 9.59 Å². The second kappa shape index (κ2) is 11.3. The van der Waals surface area contributed by atoms with E-state index < -0.39 is 5.91 Å². The number of allylic oxidation sites excluding steroid dienone is 2. The number of hydrogen-bond acceptors (Lipinski definition) is 4. The molecular weight excluding hydrogens is 534 g/mol. The summed E-state index contributed by atoms with van der Waals surface area (Å²) in [6.45, 7) is 8.51. The molecule has 3 aromatic rings. The second-order valence-electron chi connectivity index (χ2n) is 11.0. The number of methoxy groups -OCH3 is 1. The van der Waals surface area contributed by atoms with Crippen LogP contribution in [0.2, 0.25) is 5.02 Å². The Hall–Kier alpha value is -4.25. The highest BCUT2D eigenvalue weighted by atomic mass is 35.5. The van der Waals surface area contributed by atoms with Gasteiger partial charge in [0.05, 0.1) is 34.6 Å². The number of rotatable bonds is 5. The molecule has 7 heteroatoms. The summed E-state index contributed by atoms with van der Waals surface area (Å²) in [7, 11) is 1.46. The predicted octanol–water partition coefficient (Wildman–Crippen LogP) is 7.52. The first-order valence-corrected chi connectivity index (χ1v) is 14.1. The molecule has 0 saturated heterocycles. The number of para-hydroxylation sites is 1. The van der Waals surface area contributed by atoms with Crippen molar-refractivity contribution >= 4 is 40.5 Å². The van der Waals surface area contributed by atoms with Crippen LogP contribution in [0.5, 0.6) is 5.75 Å². The van der Waals surface area contributed by atoms with Gasteiger partial charge in [-0.1, -0.05) is 48.0 Å². The van der Waals surface area contributed by atoms with Crippen LogP contribution in [-0.2, 0) is 6.42 Å². The van der Waals surface area contributed by atoms with Gasteiger partial charge >= 0.3 is 0 Å². The van der Waals surface area contributed by atoms with Gasteiger partial charge in [0.1, 0.15) is 0 Å². The summed E-state index contributed by atoms with van der Waals surface area (Å²) < 4.78 is 5.59. The highest BCUT2D eigenvalue weighted by Gasteiger charge is 2.36. The molecule has 1 aliphatic carbocycles. The summed E-state index contributed by atoms with van der Waals surface area (Å²) in [6.07, 6.45) is 5.72. The maximum Gasteiger partial charge on any atom is 0.260 e. The third-order valence-electron chi connectivity index (χ3n) is 8.09. The third kappa shape index (κ3) is 5.54. The smallest absolute Gasteiger partial charge is 0.260 e. The van der Waals surface area contributed by atoms with E-state index >= 15 is 0 Å². The number of nitrogens with two attached hydrogens (primary N) is 1. The highest BCUT2D eigenvalue weighted by molar-refractivity contribution is 6.34. The van der Waals surface area contributed by atoms with Gasteiger partial charge in [-0.15, -0.1) is 5.73 Å². The van der Waals surface area contributed by atoms with Crippen molar-refractivity contribution in [1.29, 1.82) is 0 Å². The number of anilines is 3. The zero-order valence-corrected chi connectivity index (χ0v) is 24.4. The minimum absolute atomic E-state index is 0.0848. The number of hydrogen-bond donors (Lipinski definition) is 2. The Morgan fingerprint density at radius 2 is 1.90 bits per heavy atom. The monoisotopic (exact) mass is 567 g/mol. The van der Waals surface area contributed by atoms with E-state index in [9.17, 15) is 9.59 Å². The van der Waals surface area contributed by atoms with Crippen molar-refractivity contribution < 1.29 is 14.3 Å². The molecule has 2 aliphatic rings. The summed E-state index contributed by atoms with van der Waals surface area (Å²) in [5.41, 5.74) is 16.2. The molecule has 3 aromatic carbocycles. The average Bonchev–Trinajstić information content (AvgIpc) is 3.11. The van der Waals surface area contributed by atoms with E-state index in [0.717, 1.165) is 53.6 Å². The fraction of sp³-hybridized carbons (Fsp3) is 0.265. The number of aryl methyl sites for hydroxylation is 1. The Bertz CT molecular complexity index is 1640. The summed E-state index contributed by atoms with van der Waals surface area (Å²) in [6, 6.07) is 16.6. The van der Waals surface area contributed by atoms with Crippen molar-refractivity contribution in [1.82, 2.24) is 0 Å². The largest absolute Gasteiger partial charge is 0.492 e. The van der Waals surface area contributed by atoms with Crippen LogP contribution in [-0.4, -0.2) is 25.5 Å². The number of ether oxygens (including phenoxy) is 1. The molecule has 0 radical (unpaired) electrons. The van der Waals surface area contributed by atoms with Crippen LogP contribution in [0.1, 0.15) is 58.0 Å². The van der Waals surface area contributed by atoms with Crippen molar-refractivity contribution in [3.05, 3.63) is 111 Å². The number of nitrogens with one attached hydrogen (secondary N) is 1. The standard InChI is InChI=1S/C34H34ClN3O3/c1-21(2)23-13-15-34(16-14-23)17-18-38(29-8-6-5-7-24(29)20-34)33(40)25-10-12-28(31(41-4)30(25)36)37-32(39)26-19-22(3)9-11-27(26)35/h5-12,16,19H,1,13,15,17-18,20,36H2,2-4H3,(H,37,39). The molecule has 0 saturated carbocycles. The van der Waals surface area contributed by atoms with E-state index in [0.29, 0.717) is 28.4 Å². The van der Waals surface area contributed by atoms with Crippen LogP contribution in [0.4, 0.5) is 17.1 Å². The SMILES string of the molecule is C=C(C)C1=C=CC2(CC1)CCN(C(=O)c1ccc(NC(=O)c3cc(C)ccc3Cl)c(OC)c1N)c1ccccc1C2. The zero-order chi connectivity index (χ0) is 29.3. The van der Waals surface area contributed by atoms with E-state index in [1.807, 2.05) is 43.0 Å². The highest BCUT2D eigenvalue weighted by Crippen LogP contribution is 2.44. The van der Waals surface area contributed by atoms with Crippen LogP contribution >= 0.6 is 11.6 Å². The Morgan fingerprint density at radius 1 is 1.12 bits per heavy atom. The van der Waals surface area contributed by atoms with Crippen molar-refractivity contribution in [2.75, 3.05) is 29.6 Å². The Kier molecular flexibility index (Phi) is 7.81. The lowest BCUT2D eigenvalue weighted by atomic mass is 9.72. The molecule has 0 fully saturated rings. The first kappa shape index (κ1) is 28.3. The molecule has 1 unspecified atom stereocenters. The molecule has 41 heavy (non-hydrogen) atoms. The number of nitrogens with zero attached hydrogens (tertiary/aromatic N) is 1. The molecular formula is C34H34ClN3O3. The van der Waals surface area contributed by atoms with Gasteiger partial charge in [0.15, 0.2) is 5.75 Å². The first-order chi connectivity index (χ1) is 19.6. The maximum atomic E-state index is 14.1. The van der Waals surface area contributed by atoms with Crippen molar-refractivity contribution in [2.24, 2.45) is 5.41 Å². The minimum Gasteiger partial charge on any atom is -0.492 e. The molecule has 1 spiro atoms. The van der Waals surface area contributed by atoms with Crippen LogP contribution in [0.15, 0.2) is 84.1 Å². The Morgan fingerprint density at radius 3 is 2.61 bits per heavy atom. The number of amides is 2. The number of nitrogen functional groups attached to an aromatic ring is 1. The van der Waals surface area contributed by atoms with Crippen LogP contribution in [0.3, 0.4) is 0 Å². The lowest BCUT2D eigenvalue weighted by Gasteiger charge is -2.32. The molecule has 210 valence electrons. The quantitative estimate of drug-likeness (QED) is 0.247. The topological polar surface area (TPSA) is 84.7 Å². The van der Waals surface area contributed by atoms with Gasteiger partial charge in [0, 0.05) is 17.6 Å². The Labute approximate surface area is 246 Å². The summed E-state index contributed by atoms with van der Waals surface area (Å²) >= 11 is 6.27. The molecule has 0 bridgehead atoms. The van der Waals surface area contributed by atoms with Gasteiger partial charge in [-0.05, 0) is 92.6 Å². The van der Waals surface area contributed by atoms with Crippen LogP contribution in [0.25, 0.3) is 0 Å². The molecule has 2 amide bonds. The first-order valence-electron chi connectivity index (χ1n) is 13.7. The van der Waals surface area contributed by atoms with E-state index in [4.69, 9.17) is 22.1 Å². The van der Waals surface area contributed by atoms with Gasteiger partial charge in [0.25, 0.3) is 11.8 Å². The third-order valence-corrected chi connectivity index (χ3v) is 8.42. The average molecular weight is 568 g/mol. The van der Waals surface area contributed by atoms with E-state index in [-0.39, 0.29) is 22.8 Å². The summed E-state index contributed by atoms with van der Waals surface area (Å²) in [4.78, 5) is 28.9. The normalized spacial score (nSPS) is 17.9. The van der Waals surface area contributed by atoms with Crippen LogP contribution < -0.4 is 20.7 Å². The maximum absolute atomic E-state index is 14.1. The van der Waals surface area contributed by atoms with Gasteiger partial charge in [-0.2, -0.15) is 0 Å². The molecule has 6 nitrogen and oxygen atoms in total. The Balaban J connectivity index is 1.46. The number of carbonyl (C=O) groups is 2. The van der Waals surface area contributed by atoms with Crippen LogP contribution in [0, 0.1) is 12.3 Å². The van der Waals surface area contributed by atoms with Gasteiger partial charge in [0.2, 0.25) is 0 Å². The summed E-state index contributed by atoms with van der Waals surface area (Å²) in [5.74, 6) is -0.394. The number of benzene rings is 3. The molecule has 3 N–H and O–H groups in total. The molecule has 1 aliphatic heterocycles. The molecule has 1 heterocycles. The number of halogens is 1. The van der Waals surface area contributed by atoms with Crippen molar-refractivity contribution in [2.45, 2.75) is 39.5 Å². The van der Waals surface area contributed by atoms with Crippen molar-refractivity contribution in [3.63, 3.8) is 0 Å². The second-order valence-corrected chi connectivity index (χ2v) is 11.4. The van der Waals surface area contributed by atoms with Gasteiger partial charge in [-0.25, -0.2) is 0 Å². The number of carbonyl (C=O) groups excluding carboxylic acids is 2. The molecule has 5 rings (SSSR count). The van der Waals surface area contributed by atoms with Crippen molar-refractivity contribution in [3.8, 4) is 5.75 Å². The van der Waals surface area contributed by atoms with E-state index in [1.54, 1.807) is 24.3 Å². The predicted molar refractivity (Wildman–Crippen MR) is 166 cm³/mol. The van der Waals surface area contributed by atoms with E-state index in [2.05, 4.69) is 29.8 Å². The molecule has 0 aromatic heterocycles. The zero-order valence-electron chi connectivity index (χ0n) is 23.6. The fourth-order valence-corrected chi connectivity index (χ4v) is 5.94. The molecule has 1 atom stereocenters. The summed E-state index contributed by atoms with van der Waals surface area (Å²) in [5, 5.41) is 3.17. The lowest BCUT2D eigenvalue weighted by Crippen LogP contribution is -2.34. The fourth-order valence-electron chi connectivity index (χ4n) is 5.74. The van der Waals surface area contributed by atoms with Gasteiger partial charge < -0.3 is 20.7 Å². The number of fused-ring (bicyclic) bond motifs is 1. The lowest BCUT2D eigenvalue weighted by molar-refractivity contribution is 0.0984. The minimum atomic E-state index is -0.397. The van der Waals surface area contributed by atoms with E-state index in [1.165, 1.54) is 7.11 Å².